The number of piperazine rings is 1. The van der Waals surface area contributed by atoms with Crippen LogP contribution < -0.4 is 10.6 Å². The zero-order chi connectivity index (χ0) is 34.2. The summed E-state index contributed by atoms with van der Waals surface area (Å²) in [5.41, 5.74) is -0.972. The van der Waals surface area contributed by atoms with Crippen molar-refractivity contribution in [3.05, 3.63) is 64.4 Å². The third kappa shape index (κ3) is 6.92. The minimum Gasteiger partial charge on any atom is -0.340 e. The first-order valence-electron chi connectivity index (χ1n) is 15.2. The quantitative estimate of drug-likeness (QED) is 0.298. The number of aromatic nitrogens is 6. The molecule has 0 radical (unpaired) electrons. The maximum atomic E-state index is 13.9. The Bertz CT molecular complexity index is 1840. The van der Waals surface area contributed by atoms with E-state index in [1.165, 1.54) is 36.0 Å². The maximum Gasteiger partial charge on any atom is 0.435 e. The van der Waals surface area contributed by atoms with E-state index in [0.717, 1.165) is 36.8 Å². The molecule has 48 heavy (non-hydrogen) atoms. The number of rotatable bonds is 7. The first-order valence-corrected chi connectivity index (χ1v) is 15.6. The summed E-state index contributed by atoms with van der Waals surface area (Å²) >= 11 is 6.47. The highest BCUT2D eigenvalue weighted by Crippen LogP contribution is 2.36. The molecule has 18 heteroatoms. The number of carbonyl (C=O) groups excluding carboxylic acids is 3. The SMILES string of the molecule is Cc1nc(Cn2cc(-c3cnc(C(=O)Nc4ccc(C(=O)N5CCN(C(=O)C6CCNCC6)CC5)c(Cl)c4)n3C)c(C(F)(F)F)n2)no1. The molecule has 0 saturated carbocycles. The highest BCUT2D eigenvalue weighted by Gasteiger charge is 2.39. The van der Waals surface area contributed by atoms with Gasteiger partial charge in [0.05, 0.1) is 28.0 Å². The van der Waals surface area contributed by atoms with Gasteiger partial charge in [0.25, 0.3) is 11.8 Å². The number of carbonyl (C=O) groups is 3. The Balaban J connectivity index is 1.12. The number of piperidine rings is 1. The summed E-state index contributed by atoms with van der Waals surface area (Å²) in [4.78, 5) is 50.8. The Morgan fingerprint density at radius 1 is 1.10 bits per heavy atom. The molecule has 2 aliphatic heterocycles. The van der Waals surface area contributed by atoms with Gasteiger partial charge in [-0.25, -0.2) is 4.98 Å². The molecule has 3 aromatic heterocycles. The van der Waals surface area contributed by atoms with Crippen LogP contribution in [0, 0.1) is 12.8 Å². The van der Waals surface area contributed by atoms with Gasteiger partial charge in [-0.1, -0.05) is 16.8 Å². The zero-order valence-electron chi connectivity index (χ0n) is 26.1. The molecule has 5 heterocycles. The maximum absolute atomic E-state index is 13.9. The molecule has 254 valence electrons. The van der Waals surface area contributed by atoms with Gasteiger partial charge in [0.1, 0.15) is 6.54 Å². The summed E-state index contributed by atoms with van der Waals surface area (Å²) in [7, 11) is 1.41. The van der Waals surface area contributed by atoms with Gasteiger partial charge in [0, 0.05) is 58.0 Å². The molecule has 1 aromatic carbocycles. The number of nitrogens with zero attached hydrogens (tertiary/aromatic N) is 8. The molecule has 4 aromatic rings. The Morgan fingerprint density at radius 2 is 1.81 bits per heavy atom. The van der Waals surface area contributed by atoms with E-state index in [1.807, 2.05) is 4.90 Å². The number of hydrogen-bond acceptors (Lipinski definition) is 9. The van der Waals surface area contributed by atoms with Crippen molar-refractivity contribution in [2.24, 2.45) is 13.0 Å². The fourth-order valence-electron chi connectivity index (χ4n) is 5.90. The molecule has 0 atom stereocenters. The van der Waals surface area contributed by atoms with Crippen molar-refractivity contribution in [2.75, 3.05) is 44.6 Å². The van der Waals surface area contributed by atoms with E-state index in [-0.39, 0.29) is 69.3 Å². The van der Waals surface area contributed by atoms with Gasteiger partial charge in [-0.3, -0.25) is 19.1 Å². The van der Waals surface area contributed by atoms with Crippen molar-refractivity contribution in [3.63, 3.8) is 0 Å². The topological polar surface area (TPSA) is 156 Å². The number of anilines is 1. The number of benzene rings is 1. The lowest BCUT2D eigenvalue weighted by Crippen LogP contribution is -2.52. The van der Waals surface area contributed by atoms with Gasteiger partial charge in [0.15, 0.2) is 17.3 Å². The predicted molar refractivity (Wildman–Crippen MR) is 165 cm³/mol. The van der Waals surface area contributed by atoms with E-state index in [1.54, 1.807) is 11.8 Å². The second kappa shape index (κ2) is 13.4. The molecule has 0 bridgehead atoms. The third-order valence-electron chi connectivity index (χ3n) is 8.39. The van der Waals surface area contributed by atoms with Crippen LogP contribution in [0.1, 0.15) is 51.2 Å². The minimum absolute atomic E-state index is 0.000425. The lowest BCUT2D eigenvalue weighted by Gasteiger charge is -2.37. The number of hydrogen-bond donors (Lipinski definition) is 2. The molecule has 14 nitrogen and oxygen atoms in total. The summed E-state index contributed by atoms with van der Waals surface area (Å²) in [5.74, 6) is -0.631. The van der Waals surface area contributed by atoms with Gasteiger partial charge >= 0.3 is 6.18 Å². The second-order valence-corrected chi connectivity index (χ2v) is 12.0. The molecule has 2 saturated heterocycles. The minimum atomic E-state index is -4.80. The van der Waals surface area contributed by atoms with Gasteiger partial charge in [-0.2, -0.15) is 23.3 Å². The molecule has 0 spiro atoms. The highest BCUT2D eigenvalue weighted by atomic mass is 35.5. The largest absolute Gasteiger partial charge is 0.435 e. The number of alkyl halides is 3. The standard InChI is InChI=1S/C30H32ClF3N10O4/c1-17-37-24(40-48-17)16-44-15-21(25(39-44)30(32,33)34)23-14-36-26(41(23)2)27(45)38-19-3-4-20(22(31)13-19)29(47)43-11-9-42(10-12-43)28(46)18-5-7-35-8-6-18/h3-4,13-15,18,35H,5-12,16H2,1-2H3,(H,38,45). The summed E-state index contributed by atoms with van der Waals surface area (Å²) in [5, 5.41) is 13.4. The molecule has 6 rings (SSSR count). The van der Waals surface area contributed by atoms with Crippen molar-refractivity contribution in [1.82, 2.24) is 44.6 Å². The number of nitrogens with one attached hydrogen (secondary N) is 2. The van der Waals surface area contributed by atoms with E-state index in [0.29, 0.717) is 26.2 Å². The van der Waals surface area contributed by atoms with Crippen LogP contribution in [0.3, 0.4) is 0 Å². The van der Waals surface area contributed by atoms with Crippen molar-refractivity contribution >= 4 is 35.0 Å². The van der Waals surface area contributed by atoms with Crippen LogP contribution in [-0.4, -0.2) is 96.3 Å². The van der Waals surface area contributed by atoms with Gasteiger partial charge in [-0.15, -0.1) is 0 Å². The normalized spacial score (nSPS) is 16.0. The van der Waals surface area contributed by atoms with Crippen LogP contribution in [0.2, 0.25) is 5.02 Å². The van der Waals surface area contributed by atoms with Crippen LogP contribution in [0.4, 0.5) is 18.9 Å². The van der Waals surface area contributed by atoms with Crippen molar-refractivity contribution < 1.29 is 32.1 Å². The van der Waals surface area contributed by atoms with Crippen molar-refractivity contribution in [3.8, 4) is 11.3 Å². The van der Waals surface area contributed by atoms with Crippen LogP contribution in [0.25, 0.3) is 11.3 Å². The summed E-state index contributed by atoms with van der Waals surface area (Å²) in [6, 6.07) is 4.41. The molecular formula is C30H32ClF3N10O4. The zero-order valence-corrected chi connectivity index (χ0v) is 26.8. The lowest BCUT2D eigenvalue weighted by atomic mass is 9.96. The van der Waals surface area contributed by atoms with Gasteiger partial charge in [0.2, 0.25) is 11.8 Å². The van der Waals surface area contributed by atoms with E-state index in [2.05, 4.69) is 30.9 Å². The van der Waals surface area contributed by atoms with Crippen LogP contribution in [0.15, 0.2) is 35.1 Å². The number of aryl methyl sites for hydroxylation is 1. The fourth-order valence-corrected chi connectivity index (χ4v) is 6.16. The molecule has 0 unspecified atom stereocenters. The van der Waals surface area contributed by atoms with E-state index in [9.17, 15) is 27.6 Å². The average Bonchev–Trinajstić information content (AvgIpc) is 3.79. The van der Waals surface area contributed by atoms with E-state index in [4.69, 9.17) is 16.1 Å². The van der Waals surface area contributed by atoms with Crippen LogP contribution >= 0.6 is 11.6 Å². The average molecular weight is 689 g/mol. The van der Waals surface area contributed by atoms with Crippen LogP contribution in [-0.2, 0) is 24.6 Å². The monoisotopic (exact) mass is 688 g/mol. The first-order chi connectivity index (χ1) is 22.9. The Morgan fingerprint density at radius 3 is 2.46 bits per heavy atom. The summed E-state index contributed by atoms with van der Waals surface area (Å²) in [6.07, 6.45) is -0.848. The molecule has 2 fully saturated rings. The van der Waals surface area contributed by atoms with E-state index >= 15 is 0 Å². The summed E-state index contributed by atoms with van der Waals surface area (Å²) in [6.45, 7) is 4.66. The smallest absolute Gasteiger partial charge is 0.340 e. The van der Waals surface area contributed by atoms with E-state index < -0.39 is 17.8 Å². The third-order valence-corrected chi connectivity index (χ3v) is 8.71. The second-order valence-electron chi connectivity index (χ2n) is 11.6. The molecular weight excluding hydrogens is 657 g/mol. The van der Waals surface area contributed by atoms with Gasteiger partial charge < -0.3 is 29.5 Å². The Kier molecular flexibility index (Phi) is 9.24. The van der Waals surface area contributed by atoms with Crippen molar-refractivity contribution in [2.45, 2.75) is 32.5 Å². The Hall–Kier alpha value is -4.77. The predicted octanol–water partition coefficient (Wildman–Crippen LogP) is 3.23. The molecule has 3 amide bonds. The lowest BCUT2D eigenvalue weighted by molar-refractivity contribution is -0.141. The molecule has 2 N–H and O–H groups in total. The number of halogens is 4. The Labute approximate surface area is 277 Å². The molecule has 2 aliphatic rings. The first kappa shape index (κ1) is 33.1. The highest BCUT2D eigenvalue weighted by molar-refractivity contribution is 6.34. The summed E-state index contributed by atoms with van der Waals surface area (Å²) < 4.78 is 49.0. The number of amides is 3. The molecule has 0 aliphatic carbocycles. The fraction of sp³-hybridized carbons (Fsp3) is 0.433. The van der Waals surface area contributed by atoms with Crippen molar-refractivity contribution in [1.29, 1.82) is 0 Å². The number of imidazole rings is 1. The van der Waals surface area contributed by atoms with Crippen LogP contribution in [0.5, 0.6) is 0 Å². The van der Waals surface area contributed by atoms with Gasteiger partial charge in [-0.05, 0) is 44.1 Å².